The number of benzene rings is 5. The second kappa shape index (κ2) is 8.78. The number of aromatic nitrogens is 1. The summed E-state index contributed by atoms with van der Waals surface area (Å²) >= 11 is 0. The molecule has 0 N–H and O–H groups in total. The van der Waals surface area contributed by atoms with Crippen LogP contribution in [0.5, 0.6) is 0 Å². The lowest BCUT2D eigenvalue weighted by Gasteiger charge is -2.25. The highest BCUT2D eigenvalue weighted by Gasteiger charge is 2.27. The van der Waals surface area contributed by atoms with Gasteiger partial charge in [0.1, 0.15) is 0 Å². The summed E-state index contributed by atoms with van der Waals surface area (Å²) in [5.41, 5.74) is 12.7. The molecule has 0 atom stereocenters. The Hall–Kier alpha value is -4.10. The van der Waals surface area contributed by atoms with E-state index in [9.17, 15) is 0 Å². The molecule has 0 aliphatic heterocycles. The molecule has 0 aliphatic carbocycles. The van der Waals surface area contributed by atoms with Crippen molar-refractivity contribution in [2.24, 2.45) is 0 Å². The first-order chi connectivity index (χ1) is 17.8. The fourth-order valence-electron chi connectivity index (χ4n) is 5.81. The number of nitrogens with zero attached hydrogens (tertiary/aromatic N) is 1. The van der Waals surface area contributed by atoms with Crippen LogP contribution in [0.3, 0.4) is 0 Å². The van der Waals surface area contributed by atoms with Crippen LogP contribution in [0.15, 0.2) is 109 Å². The Labute approximate surface area is 220 Å². The van der Waals surface area contributed by atoms with Gasteiger partial charge in [-0.3, -0.25) is 0 Å². The van der Waals surface area contributed by atoms with Gasteiger partial charge in [-0.05, 0) is 71.3 Å². The van der Waals surface area contributed by atoms with Gasteiger partial charge in [-0.2, -0.15) is 0 Å². The molecule has 0 fully saturated rings. The van der Waals surface area contributed by atoms with E-state index < -0.39 is 0 Å². The zero-order valence-corrected chi connectivity index (χ0v) is 22.3. The van der Waals surface area contributed by atoms with E-state index >= 15 is 0 Å². The van der Waals surface area contributed by atoms with Crippen LogP contribution in [-0.2, 0) is 5.41 Å². The third kappa shape index (κ3) is 3.96. The fraction of sp³-hybridized carbons (Fsp3) is 0.167. The van der Waals surface area contributed by atoms with Gasteiger partial charge in [0.25, 0.3) is 0 Å². The lowest BCUT2D eigenvalue weighted by atomic mass is 9.78. The number of fused-ring (bicyclic) bond motifs is 3. The number of hydrogen-bond acceptors (Lipinski definition) is 0. The minimum Gasteiger partial charge on any atom is -0.309 e. The predicted molar refractivity (Wildman–Crippen MR) is 160 cm³/mol. The molecule has 1 heteroatoms. The topological polar surface area (TPSA) is 4.93 Å². The van der Waals surface area contributed by atoms with E-state index in [-0.39, 0.29) is 5.41 Å². The third-order valence-corrected chi connectivity index (χ3v) is 7.41. The molecule has 5 aromatic carbocycles. The third-order valence-electron chi connectivity index (χ3n) is 7.41. The van der Waals surface area contributed by atoms with Crippen molar-refractivity contribution < 1.29 is 0 Å². The van der Waals surface area contributed by atoms with Crippen LogP contribution < -0.4 is 0 Å². The highest BCUT2D eigenvalue weighted by molar-refractivity contribution is 6.18. The Morgan fingerprint density at radius 3 is 1.92 bits per heavy atom. The van der Waals surface area contributed by atoms with Crippen molar-refractivity contribution in [3.63, 3.8) is 0 Å². The monoisotopic (exact) mass is 479 g/mol. The summed E-state index contributed by atoms with van der Waals surface area (Å²) in [5, 5.41) is 2.67. The van der Waals surface area contributed by atoms with E-state index in [2.05, 4.69) is 148 Å². The van der Waals surface area contributed by atoms with Gasteiger partial charge < -0.3 is 4.57 Å². The lowest BCUT2D eigenvalue weighted by Crippen LogP contribution is -2.13. The predicted octanol–water partition coefficient (Wildman–Crippen LogP) is 10.0. The zero-order chi connectivity index (χ0) is 25.7. The van der Waals surface area contributed by atoms with Crippen LogP contribution in [-0.4, -0.2) is 4.57 Å². The Kier molecular flexibility index (Phi) is 5.53. The molecule has 1 nitrogen and oxygen atoms in total. The standard InChI is InChI=1S/C36H33N/c1-24-17-19-26(20-18-24)30-21-22-32-34(35(30)36(3,4)5)33-29(27-12-9-11-25(2)23-27)15-10-16-31(33)37(32)28-13-7-6-8-14-28/h6-23H,1-5H3. The Bertz CT molecular complexity index is 1740. The summed E-state index contributed by atoms with van der Waals surface area (Å²) in [6, 6.07) is 40.1. The average Bonchev–Trinajstić information content (AvgIpc) is 3.23. The summed E-state index contributed by atoms with van der Waals surface area (Å²) in [4.78, 5) is 0. The van der Waals surface area contributed by atoms with E-state index in [1.165, 1.54) is 66.4 Å². The van der Waals surface area contributed by atoms with E-state index in [1.54, 1.807) is 0 Å². The highest BCUT2D eigenvalue weighted by Crippen LogP contribution is 2.46. The Morgan fingerprint density at radius 2 is 1.22 bits per heavy atom. The smallest absolute Gasteiger partial charge is 0.0547 e. The van der Waals surface area contributed by atoms with Gasteiger partial charge in [0.2, 0.25) is 0 Å². The van der Waals surface area contributed by atoms with Crippen molar-refractivity contribution in [1.82, 2.24) is 4.57 Å². The normalized spacial score (nSPS) is 11.9. The first-order valence-corrected chi connectivity index (χ1v) is 13.1. The number of para-hydroxylation sites is 1. The molecule has 0 amide bonds. The van der Waals surface area contributed by atoms with E-state index in [1.807, 2.05) is 0 Å². The van der Waals surface area contributed by atoms with Crippen LogP contribution in [0.4, 0.5) is 0 Å². The lowest BCUT2D eigenvalue weighted by molar-refractivity contribution is 0.598. The van der Waals surface area contributed by atoms with Crippen LogP contribution in [0, 0.1) is 13.8 Å². The summed E-state index contributed by atoms with van der Waals surface area (Å²) < 4.78 is 2.44. The molecule has 6 aromatic rings. The molecule has 0 spiro atoms. The van der Waals surface area contributed by atoms with Crippen molar-refractivity contribution in [3.05, 3.63) is 126 Å². The first-order valence-electron chi connectivity index (χ1n) is 13.1. The van der Waals surface area contributed by atoms with Crippen LogP contribution >= 0.6 is 0 Å². The molecule has 6 rings (SSSR count). The Balaban J connectivity index is 1.84. The van der Waals surface area contributed by atoms with Gasteiger partial charge in [-0.1, -0.05) is 117 Å². The first kappa shape index (κ1) is 23.3. The van der Waals surface area contributed by atoms with Crippen molar-refractivity contribution in [1.29, 1.82) is 0 Å². The molecule has 0 saturated carbocycles. The van der Waals surface area contributed by atoms with Gasteiger partial charge in [0.05, 0.1) is 11.0 Å². The van der Waals surface area contributed by atoms with Gasteiger partial charge >= 0.3 is 0 Å². The molecule has 182 valence electrons. The van der Waals surface area contributed by atoms with E-state index in [0.29, 0.717) is 0 Å². The summed E-state index contributed by atoms with van der Waals surface area (Å²) in [6.07, 6.45) is 0. The minimum absolute atomic E-state index is 0.0603. The summed E-state index contributed by atoms with van der Waals surface area (Å²) in [7, 11) is 0. The maximum atomic E-state index is 2.44. The molecule has 0 saturated heterocycles. The Morgan fingerprint density at radius 1 is 0.514 bits per heavy atom. The molecule has 1 heterocycles. The maximum Gasteiger partial charge on any atom is 0.0547 e. The van der Waals surface area contributed by atoms with Gasteiger partial charge in [-0.25, -0.2) is 0 Å². The molecular weight excluding hydrogens is 446 g/mol. The molecular formula is C36H33N. The molecule has 37 heavy (non-hydrogen) atoms. The number of rotatable bonds is 3. The summed E-state index contributed by atoms with van der Waals surface area (Å²) in [5.74, 6) is 0. The van der Waals surface area contributed by atoms with Crippen LogP contribution in [0.25, 0.3) is 49.7 Å². The van der Waals surface area contributed by atoms with Gasteiger partial charge in [0.15, 0.2) is 0 Å². The maximum absolute atomic E-state index is 2.44. The molecule has 0 radical (unpaired) electrons. The van der Waals surface area contributed by atoms with E-state index in [4.69, 9.17) is 0 Å². The number of aryl methyl sites for hydroxylation is 2. The molecule has 1 aromatic heterocycles. The van der Waals surface area contributed by atoms with Crippen molar-refractivity contribution in [3.8, 4) is 27.9 Å². The molecule has 0 aliphatic rings. The molecule has 0 bridgehead atoms. The molecule has 0 unspecified atom stereocenters. The average molecular weight is 480 g/mol. The summed E-state index contributed by atoms with van der Waals surface area (Å²) in [6.45, 7) is 11.4. The SMILES string of the molecule is Cc1ccc(-c2ccc3c(c2C(C)(C)C)c2c(-c4cccc(C)c4)cccc2n3-c2ccccc2)cc1. The second-order valence-corrected chi connectivity index (χ2v) is 11.2. The number of hydrogen-bond donors (Lipinski definition) is 0. The minimum atomic E-state index is -0.0603. The van der Waals surface area contributed by atoms with Gasteiger partial charge in [0, 0.05) is 16.5 Å². The van der Waals surface area contributed by atoms with Crippen molar-refractivity contribution in [2.75, 3.05) is 0 Å². The van der Waals surface area contributed by atoms with Crippen molar-refractivity contribution >= 4 is 21.8 Å². The van der Waals surface area contributed by atoms with Crippen LogP contribution in [0.1, 0.15) is 37.5 Å². The fourth-order valence-corrected chi connectivity index (χ4v) is 5.81. The van der Waals surface area contributed by atoms with E-state index in [0.717, 1.165) is 0 Å². The van der Waals surface area contributed by atoms with Crippen LogP contribution in [0.2, 0.25) is 0 Å². The van der Waals surface area contributed by atoms with Crippen molar-refractivity contribution in [2.45, 2.75) is 40.0 Å². The second-order valence-electron chi connectivity index (χ2n) is 11.2. The zero-order valence-electron chi connectivity index (χ0n) is 22.3. The van der Waals surface area contributed by atoms with Gasteiger partial charge in [-0.15, -0.1) is 0 Å². The largest absolute Gasteiger partial charge is 0.309 e. The highest BCUT2D eigenvalue weighted by atomic mass is 15.0. The quantitative estimate of drug-likeness (QED) is 0.238.